The van der Waals surface area contributed by atoms with Gasteiger partial charge < -0.3 is 4.74 Å². The standard InChI is InChI=1S/C28H25NO5/c30-23(18-8-6-17(7-9-18)16-4-2-1-3-5-16)15-34-24(31)12-13-29-27(32)25-19-10-11-20(22-14-21(19)22)26(25)28(29)33/h1-11,19-22,25-26H,12-15H2/t19-,20-,21-,22-,25-,26+/m1/s1. The molecular weight excluding hydrogens is 430 g/mol. The first kappa shape index (κ1) is 21.0. The van der Waals surface area contributed by atoms with E-state index in [1.54, 1.807) is 12.1 Å². The van der Waals surface area contributed by atoms with Gasteiger partial charge in [0.05, 0.1) is 18.3 Å². The number of Topliss-reactive ketones (excluding diaryl/α,β-unsaturated/α-hetero) is 1. The smallest absolute Gasteiger partial charge is 0.308 e. The molecule has 2 saturated carbocycles. The van der Waals surface area contributed by atoms with Crippen LogP contribution in [-0.2, 0) is 19.1 Å². The fourth-order valence-electron chi connectivity index (χ4n) is 6.22. The van der Waals surface area contributed by atoms with Gasteiger partial charge in [-0.1, -0.05) is 66.7 Å². The zero-order valence-electron chi connectivity index (χ0n) is 18.6. The van der Waals surface area contributed by atoms with Crippen molar-refractivity contribution in [1.29, 1.82) is 0 Å². The minimum Gasteiger partial charge on any atom is -0.457 e. The zero-order valence-corrected chi connectivity index (χ0v) is 18.6. The Morgan fingerprint density at radius 3 is 2.03 bits per heavy atom. The maximum absolute atomic E-state index is 13.0. The first-order valence-electron chi connectivity index (χ1n) is 11.9. The molecule has 2 amide bonds. The van der Waals surface area contributed by atoms with Gasteiger partial charge in [0.1, 0.15) is 0 Å². The van der Waals surface area contributed by atoms with E-state index >= 15 is 0 Å². The number of imide groups is 1. The summed E-state index contributed by atoms with van der Waals surface area (Å²) in [6.07, 6.45) is 5.26. The van der Waals surface area contributed by atoms with Crippen LogP contribution in [0.15, 0.2) is 66.7 Å². The van der Waals surface area contributed by atoms with Gasteiger partial charge in [-0.25, -0.2) is 0 Å². The molecule has 0 N–H and O–H groups in total. The quantitative estimate of drug-likeness (QED) is 0.276. The van der Waals surface area contributed by atoms with Crippen molar-refractivity contribution in [3.05, 3.63) is 72.3 Å². The van der Waals surface area contributed by atoms with E-state index < -0.39 is 5.97 Å². The molecule has 34 heavy (non-hydrogen) atoms. The van der Waals surface area contributed by atoms with E-state index in [1.165, 1.54) is 4.90 Å². The SMILES string of the molecule is O=C(CCN1C(=O)[C@@H]2[C@@H]3C=C[C@H]([C@H]4C[C@H]34)[C@@H]2C1=O)OCC(=O)c1ccc(-c2ccccc2)cc1. The second kappa shape index (κ2) is 8.05. The second-order valence-electron chi connectivity index (χ2n) is 9.76. The number of allylic oxidation sites excluding steroid dienone is 2. The van der Waals surface area contributed by atoms with Gasteiger partial charge in [0.15, 0.2) is 12.4 Å². The molecule has 0 unspecified atom stereocenters. The lowest BCUT2D eigenvalue weighted by Crippen LogP contribution is -2.40. The van der Waals surface area contributed by atoms with Gasteiger partial charge in [-0.2, -0.15) is 0 Å². The molecule has 3 fully saturated rings. The highest BCUT2D eigenvalue weighted by atomic mass is 16.5. The topological polar surface area (TPSA) is 80.8 Å². The van der Waals surface area contributed by atoms with Crippen molar-refractivity contribution in [3.63, 3.8) is 0 Å². The Labute approximate surface area is 197 Å². The third kappa shape index (κ3) is 3.40. The van der Waals surface area contributed by atoms with Crippen molar-refractivity contribution >= 4 is 23.6 Å². The zero-order chi connectivity index (χ0) is 23.4. The first-order chi connectivity index (χ1) is 16.5. The number of nitrogens with zero attached hydrogens (tertiary/aromatic N) is 1. The van der Waals surface area contributed by atoms with Crippen LogP contribution in [0.25, 0.3) is 11.1 Å². The largest absolute Gasteiger partial charge is 0.457 e. The van der Waals surface area contributed by atoms with Gasteiger partial charge in [-0.05, 0) is 41.2 Å². The number of carbonyl (C=O) groups is 4. The van der Waals surface area contributed by atoms with Gasteiger partial charge in [0.25, 0.3) is 0 Å². The third-order valence-corrected chi connectivity index (χ3v) is 7.97. The van der Waals surface area contributed by atoms with E-state index in [1.807, 2.05) is 42.5 Å². The van der Waals surface area contributed by atoms with Crippen LogP contribution in [0.2, 0.25) is 0 Å². The lowest BCUT2D eigenvalue weighted by atomic mass is 9.63. The minimum atomic E-state index is -0.589. The Morgan fingerprint density at radius 2 is 1.41 bits per heavy atom. The van der Waals surface area contributed by atoms with E-state index in [4.69, 9.17) is 4.74 Å². The molecule has 1 heterocycles. The van der Waals surface area contributed by atoms with Crippen LogP contribution in [0.1, 0.15) is 23.2 Å². The summed E-state index contributed by atoms with van der Waals surface area (Å²) in [5, 5.41) is 0. The van der Waals surface area contributed by atoms with Crippen LogP contribution in [0, 0.1) is 35.5 Å². The van der Waals surface area contributed by atoms with E-state index in [9.17, 15) is 19.2 Å². The summed E-state index contributed by atoms with van der Waals surface area (Å²) in [7, 11) is 0. The Hall–Kier alpha value is -3.54. The first-order valence-corrected chi connectivity index (χ1v) is 11.9. The third-order valence-electron chi connectivity index (χ3n) is 7.97. The molecule has 5 aliphatic rings. The van der Waals surface area contributed by atoms with Crippen LogP contribution in [0.4, 0.5) is 0 Å². The molecule has 1 saturated heterocycles. The van der Waals surface area contributed by atoms with Crippen molar-refractivity contribution in [2.24, 2.45) is 35.5 Å². The normalized spacial score (nSPS) is 30.2. The van der Waals surface area contributed by atoms with Crippen molar-refractivity contribution in [1.82, 2.24) is 4.90 Å². The van der Waals surface area contributed by atoms with Crippen molar-refractivity contribution in [2.45, 2.75) is 12.8 Å². The fourth-order valence-corrected chi connectivity index (χ4v) is 6.22. The second-order valence-corrected chi connectivity index (χ2v) is 9.76. The lowest BCUT2D eigenvalue weighted by Gasteiger charge is -2.37. The van der Waals surface area contributed by atoms with Gasteiger partial charge in [-0.3, -0.25) is 24.1 Å². The van der Waals surface area contributed by atoms with Crippen LogP contribution < -0.4 is 0 Å². The summed E-state index contributed by atoms with van der Waals surface area (Å²) >= 11 is 0. The van der Waals surface area contributed by atoms with Crippen molar-refractivity contribution < 1.29 is 23.9 Å². The summed E-state index contributed by atoms with van der Waals surface area (Å²) in [5.41, 5.74) is 2.51. The Bertz CT molecular complexity index is 1170. The summed E-state index contributed by atoms with van der Waals surface area (Å²) in [4.78, 5) is 51.9. The summed E-state index contributed by atoms with van der Waals surface area (Å²) < 4.78 is 5.15. The van der Waals surface area contributed by atoms with Gasteiger partial charge in [-0.15, -0.1) is 0 Å². The number of carbonyl (C=O) groups excluding carboxylic acids is 4. The molecular formula is C28H25NO5. The molecule has 4 aliphatic carbocycles. The van der Waals surface area contributed by atoms with Crippen LogP contribution >= 0.6 is 0 Å². The highest BCUT2D eigenvalue weighted by molar-refractivity contribution is 6.06. The van der Waals surface area contributed by atoms with Crippen molar-refractivity contribution in [2.75, 3.05) is 13.2 Å². The number of ether oxygens (including phenoxy) is 1. The Balaban J connectivity index is 1.01. The fraction of sp³-hybridized carbons (Fsp3) is 0.357. The van der Waals surface area contributed by atoms with Crippen LogP contribution in [0.3, 0.4) is 0 Å². The number of likely N-dealkylation sites (tertiary alicyclic amines) is 1. The number of hydrogen-bond donors (Lipinski definition) is 0. The monoisotopic (exact) mass is 455 g/mol. The van der Waals surface area contributed by atoms with Gasteiger partial charge in [0, 0.05) is 12.1 Å². The maximum Gasteiger partial charge on any atom is 0.308 e. The summed E-state index contributed by atoms with van der Waals surface area (Å²) in [6.45, 7) is -0.355. The molecule has 7 rings (SSSR count). The summed E-state index contributed by atoms with van der Waals surface area (Å²) in [5.74, 6) is -0.285. The van der Waals surface area contributed by atoms with E-state index in [2.05, 4.69) is 12.2 Å². The molecule has 0 aromatic heterocycles. The number of esters is 1. The lowest BCUT2D eigenvalue weighted by molar-refractivity contribution is -0.145. The molecule has 2 aromatic rings. The average Bonchev–Trinajstić information content (AvgIpc) is 3.66. The molecule has 172 valence electrons. The minimum absolute atomic E-state index is 0.0121. The highest BCUT2D eigenvalue weighted by Gasteiger charge is 2.66. The molecule has 6 heteroatoms. The number of rotatable bonds is 7. The van der Waals surface area contributed by atoms with Crippen LogP contribution in [0.5, 0.6) is 0 Å². The van der Waals surface area contributed by atoms with Crippen molar-refractivity contribution in [3.8, 4) is 11.1 Å². The predicted octanol–water partition coefficient (Wildman–Crippen LogP) is 3.52. The molecule has 2 bridgehead atoms. The predicted molar refractivity (Wildman–Crippen MR) is 123 cm³/mol. The van der Waals surface area contributed by atoms with Crippen LogP contribution in [-0.4, -0.2) is 41.6 Å². The summed E-state index contributed by atoms with van der Waals surface area (Å²) in [6, 6.07) is 17.0. The maximum atomic E-state index is 13.0. The molecule has 6 nitrogen and oxygen atoms in total. The van der Waals surface area contributed by atoms with E-state index in [0.29, 0.717) is 17.4 Å². The molecule has 0 spiro atoms. The van der Waals surface area contributed by atoms with Gasteiger partial charge >= 0.3 is 5.97 Å². The van der Waals surface area contributed by atoms with E-state index in [0.717, 1.165) is 17.5 Å². The number of hydrogen-bond acceptors (Lipinski definition) is 5. The molecule has 0 radical (unpaired) electrons. The molecule has 2 aromatic carbocycles. The van der Waals surface area contributed by atoms with Gasteiger partial charge in [0.2, 0.25) is 11.8 Å². The number of ketones is 1. The van der Waals surface area contributed by atoms with E-state index in [-0.39, 0.29) is 60.8 Å². The average molecular weight is 456 g/mol. The number of benzene rings is 2. The molecule has 1 aliphatic heterocycles. The number of amides is 2. The molecule has 6 atom stereocenters. The Morgan fingerprint density at radius 1 is 0.824 bits per heavy atom. The Kier molecular flexibility index (Phi) is 4.97. The highest BCUT2D eigenvalue weighted by Crippen LogP contribution is 2.65.